The molecule has 20 heavy (non-hydrogen) atoms. The van der Waals surface area contributed by atoms with E-state index >= 15 is 0 Å². The van der Waals surface area contributed by atoms with Crippen molar-refractivity contribution in [3.8, 4) is 17.2 Å². The Labute approximate surface area is 129 Å². The van der Waals surface area contributed by atoms with Crippen LogP contribution in [0.2, 0.25) is 0 Å². The maximum Gasteiger partial charge on any atom is 0.203 e. The maximum absolute atomic E-state index is 5.31. The minimum Gasteiger partial charge on any atom is -0.493 e. The molecule has 0 amide bonds. The summed E-state index contributed by atoms with van der Waals surface area (Å²) in [5, 5.41) is 6.38. The van der Waals surface area contributed by atoms with E-state index < -0.39 is 0 Å². The molecule has 2 rings (SSSR count). The molecule has 0 unspecified atom stereocenters. The van der Waals surface area contributed by atoms with E-state index in [1.807, 2.05) is 12.1 Å². The first kappa shape index (κ1) is 16.4. The molecular weight excluding hydrogens is 326 g/mol. The number of hydrogen-bond acceptors (Lipinski definition) is 6. The van der Waals surface area contributed by atoms with Gasteiger partial charge in [0.2, 0.25) is 5.75 Å². The van der Waals surface area contributed by atoms with Crippen LogP contribution >= 0.6 is 17.0 Å². The van der Waals surface area contributed by atoms with Crippen LogP contribution in [-0.2, 0) is 6.54 Å². The second-order valence-electron chi connectivity index (χ2n) is 4.04. The fourth-order valence-corrected chi connectivity index (χ4v) is 1.94. The number of guanidine groups is 1. The van der Waals surface area contributed by atoms with Crippen molar-refractivity contribution in [3.05, 3.63) is 17.7 Å². The van der Waals surface area contributed by atoms with Gasteiger partial charge in [-0.05, 0) is 17.7 Å². The second-order valence-corrected chi connectivity index (χ2v) is 4.04. The molecule has 0 aromatic heterocycles. The van der Waals surface area contributed by atoms with Gasteiger partial charge >= 0.3 is 0 Å². The Balaban J connectivity index is 0.00000200. The SMILES string of the molecule is Br.COc1cc(CNC2=NCCN2)cc(OC)c1OC. The molecule has 1 aromatic carbocycles. The van der Waals surface area contributed by atoms with E-state index in [0.717, 1.165) is 24.6 Å². The van der Waals surface area contributed by atoms with E-state index in [1.165, 1.54) is 0 Å². The van der Waals surface area contributed by atoms with E-state index in [9.17, 15) is 0 Å². The molecule has 0 radical (unpaired) electrons. The summed E-state index contributed by atoms with van der Waals surface area (Å²) in [6.45, 7) is 2.34. The predicted molar refractivity (Wildman–Crippen MR) is 83.6 cm³/mol. The zero-order chi connectivity index (χ0) is 13.7. The number of methoxy groups -OCH3 is 3. The zero-order valence-electron chi connectivity index (χ0n) is 11.9. The van der Waals surface area contributed by atoms with Crippen molar-refractivity contribution < 1.29 is 14.2 Å². The van der Waals surface area contributed by atoms with Crippen molar-refractivity contribution in [3.63, 3.8) is 0 Å². The van der Waals surface area contributed by atoms with E-state index in [1.54, 1.807) is 21.3 Å². The minimum absolute atomic E-state index is 0. The average molecular weight is 346 g/mol. The molecule has 1 aromatic rings. The molecule has 7 heteroatoms. The summed E-state index contributed by atoms with van der Waals surface area (Å²) in [5.74, 6) is 2.73. The molecular formula is C13H20BrN3O3. The number of nitrogens with zero attached hydrogens (tertiary/aromatic N) is 1. The first-order chi connectivity index (χ1) is 9.28. The predicted octanol–water partition coefficient (Wildman–Crippen LogP) is 1.34. The van der Waals surface area contributed by atoms with E-state index in [0.29, 0.717) is 23.8 Å². The molecule has 6 nitrogen and oxygen atoms in total. The fraction of sp³-hybridized carbons (Fsp3) is 0.462. The summed E-state index contributed by atoms with van der Waals surface area (Å²) < 4.78 is 15.9. The van der Waals surface area contributed by atoms with Gasteiger partial charge in [-0.1, -0.05) is 0 Å². The number of hydrogen-bond donors (Lipinski definition) is 2. The molecule has 1 aliphatic rings. The van der Waals surface area contributed by atoms with Crippen LogP contribution in [0.5, 0.6) is 17.2 Å². The lowest BCUT2D eigenvalue weighted by Crippen LogP contribution is -2.33. The van der Waals surface area contributed by atoms with Gasteiger partial charge < -0.3 is 24.8 Å². The molecule has 1 heterocycles. The van der Waals surface area contributed by atoms with Crippen molar-refractivity contribution in [2.75, 3.05) is 34.4 Å². The van der Waals surface area contributed by atoms with Gasteiger partial charge in [-0.3, -0.25) is 4.99 Å². The highest BCUT2D eigenvalue weighted by Gasteiger charge is 2.13. The number of aliphatic imine (C=N–C) groups is 1. The Bertz CT molecular complexity index is 455. The number of ether oxygens (including phenoxy) is 3. The quantitative estimate of drug-likeness (QED) is 0.843. The van der Waals surface area contributed by atoms with Crippen LogP contribution < -0.4 is 24.8 Å². The Hall–Kier alpha value is -1.63. The van der Waals surface area contributed by atoms with Gasteiger partial charge in [-0.15, -0.1) is 17.0 Å². The largest absolute Gasteiger partial charge is 0.493 e. The third-order valence-electron chi connectivity index (χ3n) is 2.86. The summed E-state index contributed by atoms with van der Waals surface area (Å²) in [6.07, 6.45) is 0. The maximum atomic E-state index is 5.31. The molecule has 0 saturated heterocycles. The van der Waals surface area contributed by atoms with Crippen LogP contribution in [-0.4, -0.2) is 40.4 Å². The lowest BCUT2D eigenvalue weighted by atomic mass is 10.2. The highest BCUT2D eigenvalue weighted by molar-refractivity contribution is 8.93. The summed E-state index contributed by atoms with van der Waals surface area (Å²) in [4.78, 5) is 4.28. The Morgan fingerprint density at radius 3 is 2.25 bits per heavy atom. The van der Waals surface area contributed by atoms with Crippen LogP contribution in [0, 0.1) is 0 Å². The molecule has 0 saturated carbocycles. The average Bonchev–Trinajstić information content (AvgIpc) is 2.97. The first-order valence-corrected chi connectivity index (χ1v) is 6.09. The smallest absolute Gasteiger partial charge is 0.203 e. The van der Waals surface area contributed by atoms with Crippen molar-refractivity contribution in [2.24, 2.45) is 4.99 Å². The summed E-state index contributed by atoms with van der Waals surface area (Å²) in [7, 11) is 4.81. The second kappa shape index (κ2) is 7.84. The van der Waals surface area contributed by atoms with Gasteiger partial charge in [0.1, 0.15) is 0 Å². The van der Waals surface area contributed by atoms with Crippen molar-refractivity contribution >= 4 is 22.9 Å². The van der Waals surface area contributed by atoms with E-state index in [-0.39, 0.29) is 17.0 Å². The fourth-order valence-electron chi connectivity index (χ4n) is 1.94. The number of halogens is 1. The van der Waals surface area contributed by atoms with Crippen LogP contribution in [0.25, 0.3) is 0 Å². The lowest BCUT2D eigenvalue weighted by molar-refractivity contribution is 0.323. The van der Waals surface area contributed by atoms with Crippen LogP contribution in [0.4, 0.5) is 0 Å². The van der Waals surface area contributed by atoms with E-state index in [4.69, 9.17) is 14.2 Å². The number of benzene rings is 1. The van der Waals surface area contributed by atoms with Gasteiger partial charge in [-0.25, -0.2) is 0 Å². The van der Waals surface area contributed by atoms with Crippen molar-refractivity contribution in [1.29, 1.82) is 0 Å². The number of nitrogens with one attached hydrogen (secondary N) is 2. The number of rotatable bonds is 5. The van der Waals surface area contributed by atoms with Gasteiger partial charge in [0.25, 0.3) is 0 Å². The lowest BCUT2D eigenvalue weighted by Gasteiger charge is -2.14. The van der Waals surface area contributed by atoms with Crippen molar-refractivity contribution in [2.45, 2.75) is 6.54 Å². The van der Waals surface area contributed by atoms with Crippen LogP contribution in [0.3, 0.4) is 0 Å². The molecule has 112 valence electrons. The topological polar surface area (TPSA) is 64.1 Å². The monoisotopic (exact) mass is 345 g/mol. The Kier molecular flexibility index (Phi) is 6.44. The molecule has 0 aliphatic carbocycles. The van der Waals surface area contributed by atoms with Crippen LogP contribution in [0.15, 0.2) is 17.1 Å². The first-order valence-electron chi connectivity index (χ1n) is 6.09. The summed E-state index contributed by atoms with van der Waals surface area (Å²) >= 11 is 0. The highest BCUT2D eigenvalue weighted by atomic mass is 79.9. The highest BCUT2D eigenvalue weighted by Crippen LogP contribution is 2.38. The van der Waals surface area contributed by atoms with Gasteiger partial charge in [0, 0.05) is 13.1 Å². The molecule has 0 bridgehead atoms. The molecule has 0 spiro atoms. The van der Waals surface area contributed by atoms with Crippen LogP contribution in [0.1, 0.15) is 5.56 Å². The Morgan fingerprint density at radius 1 is 1.15 bits per heavy atom. The van der Waals surface area contributed by atoms with Gasteiger partial charge in [0.15, 0.2) is 17.5 Å². The van der Waals surface area contributed by atoms with Gasteiger partial charge in [0.05, 0.1) is 27.9 Å². The molecule has 1 aliphatic heterocycles. The summed E-state index contributed by atoms with van der Waals surface area (Å²) in [5.41, 5.74) is 1.03. The van der Waals surface area contributed by atoms with E-state index in [2.05, 4.69) is 15.6 Å². The Morgan fingerprint density at radius 2 is 1.80 bits per heavy atom. The third-order valence-corrected chi connectivity index (χ3v) is 2.86. The third kappa shape index (κ3) is 3.69. The standard InChI is InChI=1S/C13H19N3O3.BrH/c1-17-10-6-9(7-11(18-2)12(10)19-3)8-16-13-14-4-5-15-13;/h6-7H,4-5,8H2,1-3H3,(H2,14,15,16);1H. The molecule has 0 fully saturated rings. The zero-order valence-corrected chi connectivity index (χ0v) is 13.6. The van der Waals surface area contributed by atoms with Gasteiger partial charge in [-0.2, -0.15) is 0 Å². The van der Waals surface area contributed by atoms with Crippen molar-refractivity contribution in [1.82, 2.24) is 10.6 Å². The molecule has 0 atom stereocenters. The normalized spacial score (nSPS) is 12.8. The minimum atomic E-state index is 0. The molecule has 2 N–H and O–H groups in total. The summed E-state index contributed by atoms with van der Waals surface area (Å²) in [6, 6.07) is 3.84.